The van der Waals surface area contributed by atoms with Crippen molar-refractivity contribution in [3.63, 3.8) is 0 Å². The van der Waals surface area contributed by atoms with Crippen LogP contribution in [0.25, 0.3) is 17.0 Å². The normalized spacial score (nSPS) is 17.9. The average molecular weight is 280 g/mol. The van der Waals surface area contributed by atoms with Gasteiger partial charge in [0, 0.05) is 23.2 Å². The van der Waals surface area contributed by atoms with Crippen LogP contribution >= 0.6 is 0 Å². The van der Waals surface area contributed by atoms with Crippen LogP contribution in [0.2, 0.25) is 0 Å². The van der Waals surface area contributed by atoms with E-state index in [1.54, 1.807) is 12.1 Å². The Bertz CT molecular complexity index is 774. The molecule has 6 heteroatoms. The molecule has 0 aliphatic carbocycles. The van der Waals surface area contributed by atoms with Gasteiger partial charge in [0.05, 0.1) is 11.1 Å². The van der Waals surface area contributed by atoms with Gasteiger partial charge in [-0.25, -0.2) is 0 Å². The van der Waals surface area contributed by atoms with Crippen molar-refractivity contribution < 1.29 is 13.2 Å². The smallest absolute Gasteiger partial charge is 0.379 e. The van der Waals surface area contributed by atoms with Crippen LogP contribution in [0, 0.1) is 0 Å². The van der Waals surface area contributed by atoms with Crippen molar-refractivity contribution in [2.24, 2.45) is 0 Å². The highest BCUT2D eigenvalue weighted by Gasteiger charge is 2.33. The van der Waals surface area contributed by atoms with Crippen LogP contribution < -0.4 is 10.9 Å². The van der Waals surface area contributed by atoms with Gasteiger partial charge >= 0.3 is 6.18 Å². The first kappa shape index (κ1) is 12.8. The van der Waals surface area contributed by atoms with Crippen LogP contribution in [-0.4, -0.2) is 11.0 Å². The second-order valence-electron chi connectivity index (χ2n) is 4.82. The molecule has 0 radical (unpaired) electrons. The maximum absolute atomic E-state index is 13.0. The van der Waals surface area contributed by atoms with E-state index in [4.69, 9.17) is 0 Å². The highest BCUT2D eigenvalue weighted by atomic mass is 19.4. The molecule has 1 aromatic heterocycles. The number of fused-ring (bicyclic) bond motifs is 2. The SMILES string of the molecule is CC1C=Cc2cc3c(C(F)(F)F)cc(=O)[nH]c3cc2N1. The summed E-state index contributed by atoms with van der Waals surface area (Å²) in [7, 11) is 0. The van der Waals surface area contributed by atoms with E-state index >= 15 is 0 Å². The van der Waals surface area contributed by atoms with E-state index in [0.717, 1.165) is 0 Å². The molecule has 1 aliphatic heterocycles. The van der Waals surface area contributed by atoms with Crippen LogP contribution in [0.15, 0.2) is 29.1 Å². The molecule has 2 N–H and O–H groups in total. The summed E-state index contributed by atoms with van der Waals surface area (Å²) in [5, 5.41) is 3.14. The molecule has 1 unspecified atom stereocenters. The number of anilines is 1. The molecule has 3 rings (SSSR count). The van der Waals surface area contributed by atoms with Crippen LogP contribution in [0.4, 0.5) is 18.9 Å². The minimum Gasteiger partial charge on any atom is -0.379 e. The summed E-state index contributed by atoms with van der Waals surface area (Å²) in [6.45, 7) is 1.93. The van der Waals surface area contributed by atoms with Crippen molar-refractivity contribution in [1.82, 2.24) is 4.98 Å². The third-order valence-electron chi connectivity index (χ3n) is 3.27. The van der Waals surface area contributed by atoms with Gasteiger partial charge in [0.1, 0.15) is 0 Å². The fraction of sp³-hybridized carbons (Fsp3) is 0.214. The number of benzene rings is 1. The second kappa shape index (κ2) is 4.13. The zero-order valence-electron chi connectivity index (χ0n) is 10.5. The topological polar surface area (TPSA) is 44.9 Å². The summed E-state index contributed by atoms with van der Waals surface area (Å²) in [5.41, 5.74) is -0.107. The standard InChI is InChI=1S/C14H11F3N2O/c1-7-2-3-8-4-9-10(14(15,16)17)5-13(20)19-12(9)6-11(8)18-7/h2-7,18H,1H3,(H,19,20). The van der Waals surface area contributed by atoms with E-state index in [2.05, 4.69) is 10.3 Å². The van der Waals surface area contributed by atoms with E-state index in [9.17, 15) is 18.0 Å². The van der Waals surface area contributed by atoms with Gasteiger partial charge in [-0.3, -0.25) is 4.79 Å². The van der Waals surface area contributed by atoms with E-state index in [1.807, 2.05) is 13.0 Å². The van der Waals surface area contributed by atoms with Crippen molar-refractivity contribution in [2.45, 2.75) is 19.1 Å². The summed E-state index contributed by atoms with van der Waals surface area (Å²) in [4.78, 5) is 13.8. The van der Waals surface area contributed by atoms with Gasteiger partial charge in [-0.2, -0.15) is 13.2 Å². The molecule has 0 fully saturated rings. The lowest BCUT2D eigenvalue weighted by Crippen LogP contribution is -2.17. The predicted octanol–water partition coefficient (Wildman–Crippen LogP) is 3.37. The van der Waals surface area contributed by atoms with Gasteiger partial charge in [-0.1, -0.05) is 12.2 Å². The molecule has 0 spiro atoms. The van der Waals surface area contributed by atoms with Crippen LogP contribution in [-0.2, 0) is 6.18 Å². The Balaban J connectivity index is 2.35. The first-order valence-electron chi connectivity index (χ1n) is 6.07. The van der Waals surface area contributed by atoms with Gasteiger partial charge in [-0.15, -0.1) is 0 Å². The Hall–Kier alpha value is -2.24. The van der Waals surface area contributed by atoms with Crippen molar-refractivity contribution >= 4 is 22.7 Å². The molecule has 2 heterocycles. The number of rotatable bonds is 0. The maximum Gasteiger partial charge on any atom is 0.417 e. The van der Waals surface area contributed by atoms with E-state index < -0.39 is 17.3 Å². The van der Waals surface area contributed by atoms with E-state index in [1.165, 1.54) is 6.07 Å². The van der Waals surface area contributed by atoms with Crippen molar-refractivity contribution in [3.05, 3.63) is 45.8 Å². The quantitative estimate of drug-likeness (QED) is 0.777. The largest absolute Gasteiger partial charge is 0.417 e. The molecule has 1 aromatic carbocycles. The second-order valence-corrected chi connectivity index (χ2v) is 4.82. The van der Waals surface area contributed by atoms with E-state index in [-0.39, 0.29) is 16.9 Å². The summed E-state index contributed by atoms with van der Waals surface area (Å²) in [5.74, 6) is 0. The van der Waals surface area contributed by atoms with Crippen LogP contribution in [0.5, 0.6) is 0 Å². The molecule has 0 amide bonds. The highest BCUT2D eigenvalue weighted by molar-refractivity contribution is 5.90. The van der Waals surface area contributed by atoms with Gasteiger partial charge in [0.15, 0.2) is 0 Å². The van der Waals surface area contributed by atoms with E-state index in [0.29, 0.717) is 17.3 Å². The van der Waals surface area contributed by atoms with Gasteiger partial charge in [0.25, 0.3) is 0 Å². The predicted molar refractivity (Wildman–Crippen MR) is 71.7 cm³/mol. The molecule has 20 heavy (non-hydrogen) atoms. The zero-order valence-corrected chi connectivity index (χ0v) is 10.5. The first-order valence-corrected chi connectivity index (χ1v) is 6.07. The van der Waals surface area contributed by atoms with Crippen LogP contribution in [0.1, 0.15) is 18.1 Å². The van der Waals surface area contributed by atoms with Crippen molar-refractivity contribution in [3.8, 4) is 0 Å². The Morgan fingerprint density at radius 3 is 2.65 bits per heavy atom. The summed E-state index contributed by atoms with van der Waals surface area (Å²) >= 11 is 0. The number of nitrogens with one attached hydrogen (secondary N) is 2. The van der Waals surface area contributed by atoms with Crippen molar-refractivity contribution in [1.29, 1.82) is 0 Å². The number of alkyl halides is 3. The Kier molecular flexibility index (Phi) is 2.64. The Labute approximate surface area is 112 Å². The fourth-order valence-electron chi connectivity index (χ4n) is 2.36. The van der Waals surface area contributed by atoms with Crippen LogP contribution in [0.3, 0.4) is 0 Å². The third-order valence-corrected chi connectivity index (χ3v) is 3.27. The molecule has 1 aliphatic rings. The van der Waals surface area contributed by atoms with Crippen molar-refractivity contribution in [2.75, 3.05) is 5.32 Å². The lowest BCUT2D eigenvalue weighted by atomic mass is 10.0. The summed E-state index contributed by atoms with van der Waals surface area (Å²) in [6.07, 6.45) is -0.909. The molecular formula is C14H11F3N2O. The minimum absolute atomic E-state index is 0.00291. The number of pyridine rings is 1. The number of aromatic amines is 1. The molecule has 3 nitrogen and oxygen atoms in total. The van der Waals surface area contributed by atoms with Gasteiger partial charge in [0.2, 0.25) is 5.56 Å². The molecular weight excluding hydrogens is 269 g/mol. The monoisotopic (exact) mass is 280 g/mol. The first-order chi connectivity index (χ1) is 9.34. The summed E-state index contributed by atoms with van der Waals surface area (Å²) < 4.78 is 39.0. The fourth-order valence-corrected chi connectivity index (χ4v) is 2.36. The Morgan fingerprint density at radius 1 is 1.20 bits per heavy atom. The Morgan fingerprint density at radius 2 is 1.95 bits per heavy atom. The van der Waals surface area contributed by atoms with Gasteiger partial charge < -0.3 is 10.3 Å². The minimum atomic E-state index is -4.56. The summed E-state index contributed by atoms with van der Waals surface area (Å²) in [6, 6.07) is 3.68. The number of H-pyrrole nitrogens is 1. The average Bonchev–Trinajstić information content (AvgIpc) is 2.34. The molecule has 1 atom stereocenters. The zero-order chi connectivity index (χ0) is 14.5. The third kappa shape index (κ3) is 2.07. The molecule has 0 saturated heterocycles. The highest BCUT2D eigenvalue weighted by Crippen LogP contribution is 2.36. The lowest BCUT2D eigenvalue weighted by molar-refractivity contribution is -0.136. The molecule has 0 bridgehead atoms. The number of hydrogen-bond donors (Lipinski definition) is 2. The molecule has 2 aromatic rings. The van der Waals surface area contributed by atoms with Gasteiger partial charge in [-0.05, 0) is 24.6 Å². The number of hydrogen-bond acceptors (Lipinski definition) is 2. The molecule has 0 saturated carbocycles. The maximum atomic E-state index is 13.0. The number of aromatic nitrogens is 1. The number of halogens is 3. The lowest BCUT2D eigenvalue weighted by Gasteiger charge is -2.20. The molecule has 104 valence electrons.